The number of fused-ring (bicyclic) bond motifs is 2. The molecular weight excluding hydrogens is 266 g/mol. The highest BCUT2D eigenvalue weighted by Crippen LogP contribution is 2.44. The van der Waals surface area contributed by atoms with Crippen molar-refractivity contribution in [2.45, 2.75) is 49.7 Å². The number of rotatable bonds is 5. The average Bonchev–Trinajstić information content (AvgIpc) is 3.08. The minimum atomic E-state index is 0.0364. The summed E-state index contributed by atoms with van der Waals surface area (Å²) < 4.78 is 0. The number of thioether (sulfide) groups is 1. The Hall–Kier alpha value is -0.960. The molecule has 1 amide bonds. The van der Waals surface area contributed by atoms with E-state index in [9.17, 15) is 4.79 Å². The second-order valence-corrected chi connectivity index (χ2v) is 7.56. The quantitative estimate of drug-likeness (QED) is 0.897. The number of benzene rings is 1. The van der Waals surface area contributed by atoms with E-state index in [2.05, 4.69) is 29.6 Å². The first kappa shape index (κ1) is 14.0. The molecule has 3 heteroatoms. The Labute approximate surface area is 125 Å². The van der Waals surface area contributed by atoms with Crippen LogP contribution >= 0.6 is 11.8 Å². The molecule has 0 unspecified atom stereocenters. The van der Waals surface area contributed by atoms with Gasteiger partial charge >= 0.3 is 0 Å². The normalized spacial score (nSPS) is 29.4. The molecule has 0 saturated heterocycles. The van der Waals surface area contributed by atoms with Gasteiger partial charge in [-0.25, -0.2) is 0 Å². The van der Waals surface area contributed by atoms with E-state index in [1.54, 1.807) is 11.8 Å². The fourth-order valence-electron chi connectivity index (χ4n) is 3.59. The molecule has 108 valence electrons. The van der Waals surface area contributed by atoms with Gasteiger partial charge in [0.1, 0.15) is 0 Å². The van der Waals surface area contributed by atoms with E-state index in [1.807, 2.05) is 13.0 Å². The molecule has 2 nitrogen and oxygen atoms in total. The molecule has 0 aromatic heterocycles. The van der Waals surface area contributed by atoms with Crippen LogP contribution in [0.4, 0.5) is 0 Å². The molecule has 20 heavy (non-hydrogen) atoms. The van der Waals surface area contributed by atoms with Crippen molar-refractivity contribution in [3.8, 4) is 0 Å². The van der Waals surface area contributed by atoms with Gasteiger partial charge < -0.3 is 5.32 Å². The van der Waals surface area contributed by atoms with Crippen LogP contribution in [0.25, 0.3) is 0 Å². The summed E-state index contributed by atoms with van der Waals surface area (Å²) in [5.41, 5.74) is 1.29. The third-order valence-electron chi connectivity index (χ3n) is 4.78. The third kappa shape index (κ3) is 3.20. The number of nitrogens with one attached hydrogen (secondary N) is 1. The molecule has 4 atom stereocenters. The highest BCUT2D eigenvalue weighted by Gasteiger charge is 2.40. The van der Waals surface area contributed by atoms with Gasteiger partial charge in [-0.1, -0.05) is 36.8 Å². The number of hydrogen-bond acceptors (Lipinski definition) is 2. The van der Waals surface area contributed by atoms with Crippen molar-refractivity contribution in [1.29, 1.82) is 0 Å². The summed E-state index contributed by atoms with van der Waals surface area (Å²) in [6.45, 7) is 2.02. The van der Waals surface area contributed by atoms with Crippen LogP contribution in [0.5, 0.6) is 0 Å². The van der Waals surface area contributed by atoms with Gasteiger partial charge in [-0.2, -0.15) is 0 Å². The predicted molar refractivity (Wildman–Crippen MR) is 84.6 cm³/mol. The fourth-order valence-corrected chi connectivity index (χ4v) is 4.45. The number of hydrogen-bond donors (Lipinski definition) is 1. The number of carbonyl (C=O) groups excluding carboxylic acids is 1. The maximum absolute atomic E-state index is 12.3. The molecule has 0 radical (unpaired) electrons. The Kier molecular flexibility index (Phi) is 4.35. The first-order chi connectivity index (χ1) is 9.72. The molecule has 1 aromatic rings. The van der Waals surface area contributed by atoms with Gasteiger partial charge in [0.15, 0.2) is 0 Å². The van der Waals surface area contributed by atoms with E-state index in [0.717, 1.165) is 17.6 Å². The molecular formula is C17H23NOS. The molecule has 0 aliphatic heterocycles. The van der Waals surface area contributed by atoms with Gasteiger partial charge in [-0.05, 0) is 43.6 Å². The topological polar surface area (TPSA) is 29.1 Å². The molecule has 2 aliphatic rings. The van der Waals surface area contributed by atoms with Crippen molar-refractivity contribution >= 4 is 17.7 Å². The highest BCUT2D eigenvalue weighted by atomic mass is 32.2. The van der Waals surface area contributed by atoms with Gasteiger partial charge in [0.25, 0.3) is 0 Å². The molecule has 0 heterocycles. The zero-order chi connectivity index (χ0) is 13.9. The first-order valence-corrected chi connectivity index (χ1v) is 8.73. The predicted octanol–water partition coefficient (Wildman–Crippen LogP) is 3.61. The van der Waals surface area contributed by atoms with E-state index in [0.29, 0.717) is 6.04 Å². The van der Waals surface area contributed by atoms with Crippen LogP contribution in [0.1, 0.15) is 38.2 Å². The summed E-state index contributed by atoms with van der Waals surface area (Å²) in [5.74, 6) is 2.78. The van der Waals surface area contributed by atoms with E-state index < -0.39 is 0 Å². The molecule has 1 aromatic carbocycles. The van der Waals surface area contributed by atoms with Crippen LogP contribution < -0.4 is 5.32 Å². The van der Waals surface area contributed by atoms with Crippen LogP contribution in [-0.2, 0) is 10.5 Å². The van der Waals surface area contributed by atoms with E-state index in [4.69, 9.17) is 0 Å². The van der Waals surface area contributed by atoms with E-state index in [-0.39, 0.29) is 11.2 Å². The van der Waals surface area contributed by atoms with Crippen molar-refractivity contribution < 1.29 is 4.79 Å². The van der Waals surface area contributed by atoms with Gasteiger partial charge in [0.05, 0.1) is 5.25 Å². The lowest BCUT2D eigenvalue weighted by molar-refractivity contribution is -0.121. The van der Waals surface area contributed by atoms with Gasteiger partial charge in [0.2, 0.25) is 5.91 Å². The lowest BCUT2D eigenvalue weighted by Gasteiger charge is -2.24. The van der Waals surface area contributed by atoms with Crippen molar-refractivity contribution in [3.63, 3.8) is 0 Å². The van der Waals surface area contributed by atoms with Crippen molar-refractivity contribution in [2.24, 2.45) is 11.8 Å². The van der Waals surface area contributed by atoms with Crippen LogP contribution in [0, 0.1) is 11.8 Å². The highest BCUT2D eigenvalue weighted by molar-refractivity contribution is 7.99. The Balaban J connectivity index is 1.45. The summed E-state index contributed by atoms with van der Waals surface area (Å²) in [7, 11) is 0. The van der Waals surface area contributed by atoms with E-state index in [1.165, 1.54) is 31.2 Å². The maximum atomic E-state index is 12.3. The monoisotopic (exact) mass is 289 g/mol. The van der Waals surface area contributed by atoms with Crippen LogP contribution in [-0.4, -0.2) is 17.2 Å². The van der Waals surface area contributed by atoms with Gasteiger partial charge in [-0.15, -0.1) is 11.8 Å². The zero-order valence-corrected chi connectivity index (χ0v) is 12.9. The molecule has 2 aliphatic carbocycles. The SMILES string of the molecule is C[C@H](SCc1ccccc1)C(=O)N[C@@H]1C[C@@H]2CC[C@@H]1C2. The van der Waals surface area contributed by atoms with Crippen molar-refractivity contribution in [3.05, 3.63) is 35.9 Å². The average molecular weight is 289 g/mol. The lowest BCUT2D eigenvalue weighted by atomic mass is 9.95. The third-order valence-corrected chi connectivity index (χ3v) is 5.99. The Bertz CT molecular complexity index is 461. The summed E-state index contributed by atoms with van der Waals surface area (Å²) in [6, 6.07) is 10.8. The van der Waals surface area contributed by atoms with Crippen molar-refractivity contribution in [1.82, 2.24) is 5.32 Å². The second-order valence-electron chi connectivity index (χ2n) is 6.23. The van der Waals surface area contributed by atoms with Crippen LogP contribution in [0.3, 0.4) is 0 Å². The molecule has 2 bridgehead atoms. The van der Waals surface area contributed by atoms with Gasteiger partial charge in [-0.3, -0.25) is 4.79 Å². The zero-order valence-electron chi connectivity index (χ0n) is 12.0. The van der Waals surface area contributed by atoms with Crippen molar-refractivity contribution in [2.75, 3.05) is 0 Å². The Morgan fingerprint density at radius 3 is 2.75 bits per heavy atom. The fraction of sp³-hybridized carbons (Fsp3) is 0.588. The Morgan fingerprint density at radius 2 is 2.10 bits per heavy atom. The molecule has 2 fully saturated rings. The number of amides is 1. The Morgan fingerprint density at radius 1 is 1.30 bits per heavy atom. The molecule has 2 saturated carbocycles. The summed E-state index contributed by atoms with van der Waals surface area (Å²) in [4.78, 5) is 12.3. The maximum Gasteiger partial charge on any atom is 0.233 e. The van der Waals surface area contributed by atoms with Gasteiger partial charge in [0, 0.05) is 11.8 Å². The summed E-state index contributed by atoms with van der Waals surface area (Å²) >= 11 is 1.73. The second kappa shape index (κ2) is 6.21. The molecule has 1 N–H and O–H groups in total. The van der Waals surface area contributed by atoms with Crippen LogP contribution in [0.2, 0.25) is 0 Å². The van der Waals surface area contributed by atoms with E-state index >= 15 is 0 Å². The smallest absolute Gasteiger partial charge is 0.233 e. The van der Waals surface area contributed by atoms with Crippen LogP contribution in [0.15, 0.2) is 30.3 Å². The standard InChI is InChI=1S/C17H23NOS/c1-12(20-11-13-5-3-2-4-6-13)17(19)18-16-10-14-7-8-15(16)9-14/h2-6,12,14-16H,7-11H2,1H3,(H,18,19)/t12-,14+,15+,16+/m0/s1. The largest absolute Gasteiger partial charge is 0.352 e. The minimum Gasteiger partial charge on any atom is -0.352 e. The molecule has 0 spiro atoms. The first-order valence-electron chi connectivity index (χ1n) is 7.68. The summed E-state index contributed by atoms with van der Waals surface area (Å²) in [5, 5.41) is 3.32. The lowest BCUT2D eigenvalue weighted by Crippen LogP contribution is -2.42. The molecule has 3 rings (SSSR count). The summed E-state index contributed by atoms with van der Waals surface area (Å²) in [6.07, 6.45) is 5.26. The number of carbonyl (C=O) groups is 1. The minimum absolute atomic E-state index is 0.0364.